The Bertz CT molecular complexity index is 549. The van der Waals surface area contributed by atoms with E-state index in [0.29, 0.717) is 19.0 Å². The Hall–Kier alpha value is -2.30. The highest BCUT2D eigenvalue weighted by Crippen LogP contribution is 2.07. The van der Waals surface area contributed by atoms with Crippen molar-refractivity contribution < 1.29 is 4.79 Å². The van der Waals surface area contributed by atoms with Gasteiger partial charge in [0, 0.05) is 20.6 Å². The quantitative estimate of drug-likeness (QED) is 0.478. The highest BCUT2D eigenvalue weighted by Gasteiger charge is 2.06. The predicted molar refractivity (Wildman–Crippen MR) is 91.8 cm³/mol. The third kappa shape index (κ3) is 6.43. The third-order valence-electron chi connectivity index (χ3n) is 3.13. The van der Waals surface area contributed by atoms with Crippen LogP contribution < -0.4 is 10.6 Å². The molecule has 22 heavy (non-hydrogen) atoms. The topological polar surface area (TPSA) is 56.7 Å². The van der Waals surface area contributed by atoms with Gasteiger partial charge in [-0.2, -0.15) is 0 Å². The fourth-order valence-corrected chi connectivity index (χ4v) is 1.68. The molecular weight excluding hydrogens is 276 g/mol. The summed E-state index contributed by atoms with van der Waals surface area (Å²) in [7, 11) is 3.46. The first-order valence-corrected chi connectivity index (χ1v) is 7.31. The molecule has 0 aliphatic carbocycles. The van der Waals surface area contributed by atoms with Crippen molar-refractivity contribution in [2.75, 3.05) is 27.2 Å². The summed E-state index contributed by atoms with van der Waals surface area (Å²) in [5.41, 5.74) is 3.37. The number of aliphatic imine (C=N–C) groups is 1. The molecule has 0 aliphatic heterocycles. The van der Waals surface area contributed by atoms with E-state index >= 15 is 0 Å². The van der Waals surface area contributed by atoms with Crippen molar-refractivity contribution in [3.05, 3.63) is 47.5 Å². The van der Waals surface area contributed by atoms with E-state index in [2.05, 4.69) is 41.3 Å². The van der Waals surface area contributed by atoms with Gasteiger partial charge in [0.1, 0.15) is 0 Å². The summed E-state index contributed by atoms with van der Waals surface area (Å²) in [6.45, 7) is 9.26. The molecule has 1 amide bonds. The van der Waals surface area contributed by atoms with Crippen LogP contribution in [0, 0.1) is 6.92 Å². The summed E-state index contributed by atoms with van der Waals surface area (Å²) < 4.78 is 0. The average molecular weight is 302 g/mol. The maximum absolute atomic E-state index is 11.7. The molecule has 0 saturated heterocycles. The van der Waals surface area contributed by atoms with E-state index < -0.39 is 0 Å². The first-order valence-electron chi connectivity index (χ1n) is 7.31. The normalized spacial score (nSPS) is 11.0. The van der Waals surface area contributed by atoms with Crippen molar-refractivity contribution in [2.24, 2.45) is 4.99 Å². The number of amides is 1. The highest BCUT2D eigenvalue weighted by atomic mass is 16.2. The molecule has 120 valence electrons. The van der Waals surface area contributed by atoms with Crippen LogP contribution in [0.25, 0.3) is 0 Å². The summed E-state index contributed by atoms with van der Waals surface area (Å²) in [6, 6.07) is 8.13. The third-order valence-corrected chi connectivity index (χ3v) is 3.13. The summed E-state index contributed by atoms with van der Waals surface area (Å²) in [5, 5.41) is 6.22. The van der Waals surface area contributed by atoms with Crippen LogP contribution in [0.3, 0.4) is 0 Å². The lowest BCUT2D eigenvalue weighted by atomic mass is 10.1. The minimum absolute atomic E-state index is 0.000664. The van der Waals surface area contributed by atoms with Crippen LogP contribution in [0.15, 0.2) is 41.4 Å². The monoisotopic (exact) mass is 302 g/mol. The molecule has 0 spiro atoms. The van der Waals surface area contributed by atoms with E-state index in [1.807, 2.05) is 19.1 Å². The number of rotatable bonds is 6. The van der Waals surface area contributed by atoms with Gasteiger partial charge in [-0.25, -0.2) is 4.99 Å². The fourth-order valence-electron chi connectivity index (χ4n) is 1.68. The van der Waals surface area contributed by atoms with Gasteiger partial charge in [-0.15, -0.1) is 0 Å². The largest absolute Gasteiger partial charge is 0.353 e. The number of carbonyl (C=O) groups is 1. The van der Waals surface area contributed by atoms with E-state index in [9.17, 15) is 4.79 Å². The number of carbonyl (C=O) groups excluding carboxylic acids is 1. The van der Waals surface area contributed by atoms with Crippen LogP contribution in [-0.4, -0.2) is 44.0 Å². The number of likely N-dealkylation sites (N-methyl/N-ethyl adjacent to an activating group) is 1. The second kappa shape index (κ2) is 8.87. The van der Waals surface area contributed by atoms with E-state index in [-0.39, 0.29) is 12.5 Å². The Labute approximate surface area is 133 Å². The molecule has 1 aromatic carbocycles. The summed E-state index contributed by atoms with van der Waals surface area (Å²) in [5.74, 6) is 0.613. The van der Waals surface area contributed by atoms with Crippen LogP contribution in [0.4, 0.5) is 0 Å². The molecule has 0 radical (unpaired) electrons. The van der Waals surface area contributed by atoms with Gasteiger partial charge < -0.3 is 15.5 Å². The standard InChI is InChI=1S/C17H26N4O/c1-13(2)10-18-17(20-12-16(22)21(4)5)19-11-15-9-7-6-8-14(15)3/h6-9H,1,10-12H2,2-5H3,(H2,18,19,20). The molecule has 0 aliphatic rings. The smallest absolute Gasteiger partial charge is 0.241 e. The first-order chi connectivity index (χ1) is 10.4. The van der Waals surface area contributed by atoms with Gasteiger partial charge in [0.25, 0.3) is 0 Å². The summed E-state index contributed by atoms with van der Waals surface area (Å²) in [4.78, 5) is 17.8. The van der Waals surface area contributed by atoms with Gasteiger partial charge in [0.05, 0.1) is 13.1 Å². The molecule has 0 saturated carbocycles. The lowest BCUT2D eigenvalue weighted by Crippen LogP contribution is -2.43. The molecule has 5 nitrogen and oxygen atoms in total. The van der Waals surface area contributed by atoms with Crippen LogP contribution in [-0.2, 0) is 11.3 Å². The van der Waals surface area contributed by atoms with E-state index in [1.54, 1.807) is 19.0 Å². The second-order valence-electron chi connectivity index (χ2n) is 5.54. The van der Waals surface area contributed by atoms with Crippen LogP contribution >= 0.6 is 0 Å². The number of nitrogens with zero attached hydrogens (tertiary/aromatic N) is 2. The van der Waals surface area contributed by atoms with Gasteiger partial charge in [-0.3, -0.25) is 4.79 Å². The van der Waals surface area contributed by atoms with Crippen molar-refractivity contribution in [1.29, 1.82) is 0 Å². The number of aryl methyl sites for hydroxylation is 1. The van der Waals surface area contributed by atoms with E-state index in [0.717, 1.165) is 11.1 Å². The van der Waals surface area contributed by atoms with Crippen LogP contribution in [0.1, 0.15) is 18.1 Å². The van der Waals surface area contributed by atoms with Crippen molar-refractivity contribution in [2.45, 2.75) is 20.4 Å². The Morgan fingerprint density at radius 3 is 2.45 bits per heavy atom. The number of hydrogen-bond acceptors (Lipinski definition) is 2. The minimum atomic E-state index is 0.000664. The predicted octanol–water partition coefficient (Wildman–Crippen LogP) is 1.69. The molecule has 0 unspecified atom stereocenters. The maximum Gasteiger partial charge on any atom is 0.241 e. The Morgan fingerprint density at radius 1 is 1.23 bits per heavy atom. The van der Waals surface area contributed by atoms with Gasteiger partial charge in [-0.1, -0.05) is 36.4 Å². The van der Waals surface area contributed by atoms with Gasteiger partial charge in [0.2, 0.25) is 5.91 Å². The molecule has 1 aromatic rings. The summed E-state index contributed by atoms with van der Waals surface area (Å²) >= 11 is 0. The first kappa shape index (κ1) is 17.8. The SMILES string of the molecule is C=C(C)CNC(=NCc1ccccc1C)NCC(=O)N(C)C. The van der Waals surface area contributed by atoms with E-state index in [4.69, 9.17) is 0 Å². The Balaban J connectivity index is 2.71. The molecule has 1 rings (SSSR count). The average Bonchev–Trinajstić information content (AvgIpc) is 2.47. The molecule has 2 N–H and O–H groups in total. The van der Waals surface area contributed by atoms with Crippen molar-refractivity contribution in [3.63, 3.8) is 0 Å². The lowest BCUT2D eigenvalue weighted by molar-refractivity contribution is -0.127. The lowest BCUT2D eigenvalue weighted by Gasteiger charge is -2.15. The zero-order valence-electron chi connectivity index (χ0n) is 13.9. The molecule has 0 aromatic heterocycles. The zero-order valence-corrected chi connectivity index (χ0v) is 13.9. The molecule has 0 heterocycles. The van der Waals surface area contributed by atoms with Crippen LogP contribution in [0.2, 0.25) is 0 Å². The second-order valence-corrected chi connectivity index (χ2v) is 5.54. The zero-order chi connectivity index (χ0) is 16.5. The van der Waals surface area contributed by atoms with Crippen LogP contribution in [0.5, 0.6) is 0 Å². The molecular formula is C17H26N4O. The van der Waals surface area contributed by atoms with Gasteiger partial charge in [0.15, 0.2) is 5.96 Å². The number of hydrogen-bond donors (Lipinski definition) is 2. The summed E-state index contributed by atoms with van der Waals surface area (Å²) in [6.07, 6.45) is 0. The van der Waals surface area contributed by atoms with Gasteiger partial charge >= 0.3 is 0 Å². The van der Waals surface area contributed by atoms with Crippen molar-refractivity contribution in [1.82, 2.24) is 15.5 Å². The minimum Gasteiger partial charge on any atom is -0.353 e. The highest BCUT2D eigenvalue weighted by molar-refractivity contribution is 5.86. The Kier molecular flexibility index (Phi) is 7.16. The molecule has 0 fully saturated rings. The van der Waals surface area contributed by atoms with Gasteiger partial charge in [-0.05, 0) is 25.0 Å². The number of nitrogens with one attached hydrogen (secondary N) is 2. The molecule has 0 bridgehead atoms. The van der Waals surface area contributed by atoms with Crippen molar-refractivity contribution in [3.8, 4) is 0 Å². The van der Waals surface area contributed by atoms with Crippen molar-refractivity contribution >= 4 is 11.9 Å². The number of guanidine groups is 1. The Morgan fingerprint density at radius 2 is 1.86 bits per heavy atom. The molecule has 5 heteroatoms. The number of benzene rings is 1. The van der Waals surface area contributed by atoms with E-state index in [1.165, 1.54) is 5.56 Å². The maximum atomic E-state index is 11.7. The molecule has 0 atom stereocenters. The fraction of sp³-hybridized carbons (Fsp3) is 0.412.